The molecule has 1 aromatic carbocycles. The number of carbonyl (C=O) groups excluding carboxylic acids is 2. The standard InChI is InChI=1S/C27H33F3N4O3/c1-37-26-10-7-23(17-31-26)33-13-3-6-22(12-15-33)34-14-11-21(18-34)32-25(36)9-8-24(35)19-4-2-5-20(16-19)27(28,29)30/h2,4-5,7,10,16-17,21-22H,3,6,8-9,11-15,18H2,1H3,(H,32,36)/t21-,22?/m1/s1. The van der Waals surface area contributed by atoms with E-state index in [0.717, 1.165) is 69.7 Å². The molecule has 7 nitrogen and oxygen atoms in total. The summed E-state index contributed by atoms with van der Waals surface area (Å²) >= 11 is 0. The van der Waals surface area contributed by atoms with Gasteiger partial charge in [-0.3, -0.25) is 14.5 Å². The van der Waals surface area contributed by atoms with Gasteiger partial charge in [0.1, 0.15) is 0 Å². The van der Waals surface area contributed by atoms with Crippen LogP contribution in [0.3, 0.4) is 0 Å². The predicted molar refractivity (Wildman–Crippen MR) is 134 cm³/mol. The number of amides is 1. The molecule has 2 aromatic rings. The Kier molecular flexibility index (Phi) is 8.68. The van der Waals surface area contributed by atoms with E-state index in [1.165, 1.54) is 12.1 Å². The maximum Gasteiger partial charge on any atom is 0.416 e. The molecule has 2 aliphatic rings. The van der Waals surface area contributed by atoms with Crippen LogP contribution in [0.25, 0.3) is 0 Å². The van der Waals surface area contributed by atoms with Gasteiger partial charge in [0.25, 0.3) is 0 Å². The molecule has 2 saturated heterocycles. The quantitative estimate of drug-likeness (QED) is 0.525. The van der Waals surface area contributed by atoms with Crippen LogP contribution >= 0.6 is 0 Å². The molecule has 1 aromatic heterocycles. The van der Waals surface area contributed by atoms with Gasteiger partial charge in [0.15, 0.2) is 5.78 Å². The van der Waals surface area contributed by atoms with Crippen molar-refractivity contribution in [2.24, 2.45) is 0 Å². The van der Waals surface area contributed by atoms with Crippen LogP contribution < -0.4 is 15.0 Å². The largest absolute Gasteiger partial charge is 0.481 e. The van der Waals surface area contributed by atoms with Crippen LogP contribution in [0, 0.1) is 0 Å². The fourth-order valence-corrected chi connectivity index (χ4v) is 5.16. The highest BCUT2D eigenvalue weighted by molar-refractivity contribution is 5.98. The number of anilines is 1. The number of hydrogen-bond acceptors (Lipinski definition) is 6. The van der Waals surface area contributed by atoms with Gasteiger partial charge in [0, 0.05) is 62.7 Å². The van der Waals surface area contributed by atoms with Gasteiger partial charge in [-0.1, -0.05) is 12.1 Å². The van der Waals surface area contributed by atoms with Crippen molar-refractivity contribution >= 4 is 17.4 Å². The van der Waals surface area contributed by atoms with Crippen molar-refractivity contribution < 1.29 is 27.5 Å². The predicted octanol–water partition coefficient (Wildman–Crippen LogP) is 4.32. The molecule has 2 atom stereocenters. The summed E-state index contributed by atoms with van der Waals surface area (Å²) in [4.78, 5) is 33.9. The molecule has 0 radical (unpaired) electrons. The Hall–Kier alpha value is -3.14. The number of hydrogen-bond donors (Lipinski definition) is 1. The lowest BCUT2D eigenvalue weighted by Gasteiger charge is -2.27. The molecule has 1 amide bonds. The van der Waals surface area contributed by atoms with E-state index in [-0.39, 0.29) is 30.4 Å². The summed E-state index contributed by atoms with van der Waals surface area (Å²) in [5.74, 6) is -0.114. The van der Waals surface area contributed by atoms with Crippen molar-refractivity contribution in [2.45, 2.75) is 56.8 Å². The number of benzene rings is 1. The van der Waals surface area contributed by atoms with Crippen LogP contribution in [-0.2, 0) is 11.0 Å². The lowest BCUT2D eigenvalue weighted by molar-refractivity contribution is -0.137. The van der Waals surface area contributed by atoms with Crippen LogP contribution in [0.4, 0.5) is 18.9 Å². The van der Waals surface area contributed by atoms with E-state index < -0.39 is 17.5 Å². The van der Waals surface area contributed by atoms with E-state index in [1.54, 1.807) is 7.11 Å². The minimum Gasteiger partial charge on any atom is -0.481 e. The van der Waals surface area contributed by atoms with Crippen molar-refractivity contribution in [3.8, 4) is 5.88 Å². The number of nitrogens with one attached hydrogen (secondary N) is 1. The third-order valence-electron chi connectivity index (χ3n) is 7.18. The highest BCUT2D eigenvalue weighted by Crippen LogP contribution is 2.30. The number of methoxy groups -OCH3 is 1. The van der Waals surface area contributed by atoms with E-state index in [4.69, 9.17) is 4.74 Å². The topological polar surface area (TPSA) is 74.8 Å². The number of likely N-dealkylation sites (tertiary alicyclic amines) is 1. The third kappa shape index (κ3) is 7.21. The minimum absolute atomic E-state index is 0.0151. The molecule has 4 rings (SSSR count). The fraction of sp³-hybridized carbons (Fsp3) is 0.519. The number of halogens is 3. The summed E-state index contributed by atoms with van der Waals surface area (Å²) < 4.78 is 43.8. The molecule has 200 valence electrons. The molecule has 2 fully saturated rings. The van der Waals surface area contributed by atoms with Crippen LogP contribution in [0.5, 0.6) is 5.88 Å². The van der Waals surface area contributed by atoms with E-state index in [2.05, 4.69) is 20.1 Å². The summed E-state index contributed by atoms with van der Waals surface area (Å²) in [5, 5.41) is 3.01. The highest BCUT2D eigenvalue weighted by Gasteiger charge is 2.32. The Bertz CT molecular complexity index is 1080. The molecule has 3 heterocycles. The zero-order valence-corrected chi connectivity index (χ0v) is 21.0. The van der Waals surface area contributed by atoms with Gasteiger partial charge >= 0.3 is 6.18 Å². The van der Waals surface area contributed by atoms with Gasteiger partial charge < -0.3 is 15.0 Å². The van der Waals surface area contributed by atoms with Gasteiger partial charge in [-0.2, -0.15) is 13.2 Å². The summed E-state index contributed by atoms with van der Waals surface area (Å²) in [6.07, 6.45) is 1.20. The molecular formula is C27H33F3N4O3. The second-order valence-corrected chi connectivity index (χ2v) is 9.68. The van der Waals surface area contributed by atoms with Crippen molar-refractivity contribution in [1.82, 2.24) is 15.2 Å². The van der Waals surface area contributed by atoms with Gasteiger partial charge in [-0.15, -0.1) is 0 Å². The van der Waals surface area contributed by atoms with Crippen molar-refractivity contribution in [3.05, 3.63) is 53.7 Å². The first-order valence-corrected chi connectivity index (χ1v) is 12.7. The molecule has 0 saturated carbocycles. The van der Waals surface area contributed by atoms with E-state index in [9.17, 15) is 22.8 Å². The molecule has 37 heavy (non-hydrogen) atoms. The first kappa shape index (κ1) is 26.9. The average molecular weight is 519 g/mol. The molecule has 1 N–H and O–H groups in total. The second kappa shape index (κ2) is 11.9. The smallest absolute Gasteiger partial charge is 0.416 e. The van der Waals surface area contributed by atoms with Gasteiger partial charge in [0.2, 0.25) is 11.8 Å². The lowest BCUT2D eigenvalue weighted by atomic mass is 10.0. The number of aromatic nitrogens is 1. The summed E-state index contributed by atoms with van der Waals surface area (Å²) in [6.45, 7) is 3.58. The lowest BCUT2D eigenvalue weighted by Crippen LogP contribution is -2.40. The molecule has 1 unspecified atom stereocenters. The van der Waals surface area contributed by atoms with Gasteiger partial charge in [-0.05, 0) is 43.9 Å². The molecule has 10 heteroatoms. The van der Waals surface area contributed by atoms with E-state index in [1.807, 2.05) is 18.3 Å². The minimum atomic E-state index is -4.51. The number of pyridine rings is 1. The number of ether oxygens (including phenoxy) is 1. The number of nitrogens with zero attached hydrogens (tertiary/aromatic N) is 3. The number of rotatable bonds is 8. The van der Waals surface area contributed by atoms with Crippen LogP contribution in [0.15, 0.2) is 42.6 Å². The Morgan fingerprint density at radius 2 is 1.92 bits per heavy atom. The highest BCUT2D eigenvalue weighted by atomic mass is 19.4. The van der Waals surface area contributed by atoms with E-state index in [0.29, 0.717) is 11.9 Å². The molecule has 0 aliphatic carbocycles. The van der Waals surface area contributed by atoms with E-state index >= 15 is 0 Å². The molecule has 0 bridgehead atoms. The zero-order valence-electron chi connectivity index (χ0n) is 21.0. The van der Waals surface area contributed by atoms with Gasteiger partial charge in [0.05, 0.1) is 24.6 Å². The van der Waals surface area contributed by atoms with Crippen LogP contribution in [0.1, 0.15) is 54.4 Å². The Morgan fingerprint density at radius 1 is 1.08 bits per heavy atom. The Balaban J connectivity index is 1.21. The number of ketones is 1. The van der Waals surface area contributed by atoms with Crippen molar-refractivity contribution in [3.63, 3.8) is 0 Å². The SMILES string of the molecule is COc1ccc(N2CCCC(N3CC[C@@H](NC(=O)CCC(=O)c4cccc(C(F)(F)F)c4)C3)CC2)cn1. The maximum atomic E-state index is 12.9. The zero-order chi connectivity index (χ0) is 26.4. The van der Waals surface area contributed by atoms with Crippen LogP contribution in [0.2, 0.25) is 0 Å². The first-order valence-electron chi connectivity index (χ1n) is 12.7. The molecule has 0 spiro atoms. The summed E-state index contributed by atoms with van der Waals surface area (Å²) in [7, 11) is 1.60. The second-order valence-electron chi connectivity index (χ2n) is 9.68. The fourth-order valence-electron chi connectivity index (χ4n) is 5.16. The maximum absolute atomic E-state index is 12.9. The third-order valence-corrected chi connectivity index (χ3v) is 7.18. The van der Waals surface area contributed by atoms with Gasteiger partial charge in [-0.25, -0.2) is 4.98 Å². The van der Waals surface area contributed by atoms with Crippen molar-refractivity contribution in [2.75, 3.05) is 38.2 Å². The summed E-state index contributed by atoms with van der Waals surface area (Å²) in [6, 6.07) is 8.70. The monoisotopic (exact) mass is 518 g/mol. The Morgan fingerprint density at radius 3 is 2.65 bits per heavy atom. The molecule has 2 aliphatic heterocycles. The number of Topliss-reactive ketones (excluding diaryl/α,β-unsaturated/α-hetero) is 1. The summed E-state index contributed by atoms with van der Waals surface area (Å²) in [5.41, 5.74) is 0.200. The Labute approximate surface area is 215 Å². The average Bonchev–Trinajstić information content (AvgIpc) is 3.21. The first-order chi connectivity index (χ1) is 17.7. The normalized spacial score (nSPS) is 20.9. The molecular weight excluding hydrogens is 485 g/mol. The van der Waals surface area contributed by atoms with Crippen molar-refractivity contribution in [1.29, 1.82) is 0 Å². The number of alkyl halides is 3. The number of carbonyl (C=O) groups is 2. The van der Waals surface area contributed by atoms with Crippen LogP contribution in [-0.4, -0.2) is 66.9 Å².